The second kappa shape index (κ2) is 4.71. The fraction of sp³-hybridized carbons (Fsp3) is 0.400. The molecule has 0 aliphatic heterocycles. The molecule has 1 aromatic rings. The third kappa shape index (κ3) is 2.68. The Labute approximate surface area is 73.5 Å². The fourth-order valence-corrected chi connectivity index (χ4v) is 0.876. The SMILES string of the molecule is Cl.NCCc1cc(Br)no1. The summed E-state index contributed by atoms with van der Waals surface area (Å²) in [5.74, 6) is 0.823. The molecule has 10 heavy (non-hydrogen) atoms. The lowest BCUT2D eigenvalue weighted by atomic mass is 10.3. The minimum atomic E-state index is 0. The number of halogens is 2. The van der Waals surface area contributed by atoms with Crippen LogP contribution in [0.4, 0.5) is 0 Å². The van der Waals surface area contributed by atoms with Crippen LogP contribution in [0.2, 0.25) is 0 Å². The highest BCUT2D eigenvalue weighted by atomic mass is 79.9. The first-order valence-corrected chi connectivity index (χ1v) is 3.43. The van der Waals surface area contributed by atoms with Gasteiger partial charge in [-0.25, -0.2) is 0 Å². The Kier molecular flexibility index (Phi) is 4.68. The summed E-state index contributed by atoms with van der Waals surface area (Å²) in [6.45, 7) is 0.599. The van der Waals surface area contributed by atoms with Crippen LogP contribution < -0.4 is 5.73 Å². The molecule has 0 radical (unpaired) electrons. The standard InChI is InChI=1S/C5H7BrN2O.ClH/c6-5-3-4(1-2-7)9-8-5;/h3H,1-2,7H2;1H. The quantitative estimate of drug-likeness (QED) is 0.830. The lowest BCUT2D eigenvalue weighted by Crippen LogP contribution is -2.01. The van der Waals surface area contributed by atoms with E-state index < -0.39 is 0 Å². The van der Waals surface area contributed by atoms with Crippen LogP contribution in [0.15, 0.2) is 15.2 Å². The highest BCUT2D eigenvalue weighted by Gasteiger charge is 1.97. The van der Waals surface area contributed by atoms with Crippen LogP contribution in [0, 0.1) is 0 Å². The maximum Gasteiger partial charge on any atom is 0.149 e. The van der Waals surface area contributed by atoms with E-state index in [2.05, 4.69) is 21.1 Å². The number of hydrogen-bond acceptors (Lipinski definition) is 3. The fourth-order valence-electron chi connectivity index (χ4n) is 0.548. The molecule has 1 rings (SSSR count). The Hall–Kier alpha value is -0.0600. The maximum absolute atomic E-state index is 5.27. The molecule has 1 aromatic heterocycles. The summed E-state index contributed by atoms with van der Waals surface area (Å²) in [5.41, 5.74) is 5.27. The van der Waals surface area contributed by atoms with Crippen molar-refractivity contribution in [2.75, 3.05) is 6.54 Å². The first kappa shape index (κ1) is 9.94. The predicted molar refractivity (Wildman–Crippen MR) is 44.2 cm³/mol. The molecule has 0 unspecified atom stereocenters. The monoisotopic (exact) mass is 226 g/mol. The van der Waals surface area contributed by atoms with Crippen LogP contribution in [0.5, 0.6) is 0 Å². The van der Waals surface area contributed by atoms with E-state index in [1.165, 1.54) is 0 Å². The van der Waals surface area contributed by atoms with E-state index >= 15 is 0 Å². The average Bonchev–Trinajstić information content (AvgIpc) is 2.17. The van der Waals surface area contributed by atoms with Crippen molar-refractivity contribution in [1.82, 2.24) is 5.16 Å². The van der Waals surface area contributed by atoms with E-state index in [1.807, 2.05) is 6.07 Å². The minimum Gasteiger partial charge on any atom is -0.360 e. The van der Waals surface area contributed by atoms with Gasteiger partial charge in [0, 0.05) is 12.5 Å². The van der Waals surface area contributed by atoms with Crippen LogP contribution in [-0.4, -0.2) is 11.7 Å². The molecular weight excluding hydrogens is 219 g/mol. The molecule has 0 aromatic carbocycles. The van der Waals surface area contributed by atoms with Crippen molar-refractivity contribution in [2.45, 2.75) is 6.42 Å². The molecule has 2 N–H and O–H groups in total. The highest BCUT2D eigenvalue weighted by molar-refractivity contribution is 9.10. The molecule has 0 fully saturated rings. The van der Waals surface area contributed by atoms with Crippen LogP contribution in [0.3, 0.4) is 0 Å². The van der Waals surface area contributed by atoms with E-state index in [0.29, 0.717) is 6.54 Å². The Morgan fingerprint density at radius 1 is 1.70 bits per heavy atom. The Balaban J connectivity index is 0.000000810. The molecule has 0 aliphatic rings. The van der Waals surface area contributed by atoms with Crippen molar-refractivity contribution < 1.29 is 4.52 Å². The van der Waals surface area contributed by atoms with Gasteiger partial charge in [-0.2, -0.15) is 0 Å². The van der Waals surface area contributed by atoms with E-state index in [-0.39, 0.29) is 12.4 Å². The molecule has 3 nitrogen and oxygen atoms in total. The molecule has 5 heteroatoms. The molecule has 0 saturated carbocycles. The molecule has 0 bridgehead atoms. The second-order valence-electron chi connectivity index (χ2n) is 1.65. The molecule has 0 aliphatic carbocycles. The molecule has 0 amide bonds. The van der Waals surface area contributed by atoms with Gasteiger partial charge in [-0.3, -0.25) is 0 Å². The summed E-state index contributed by atoms with van der Waals surface area (Å²) in [4.78, 5) is 0. The molecule has 0 saturated heterocycles. The minimum absolute atomic E-state index is 0. The summed E-state index contributed by atoms with van der Waals surface area (Å²) in [6.07, 6.45) is 0.749. The Morgan fingerprint density at radius 3 is 2.80 bits per heavy atom. The van der Waals surface area contributed by atoms with Gasteiger partial charge in [0.25, 0.3) is 0 Å². The van der Waals surface area contributed by atoms with Gasteiger partial charge >= 0.3 is 0 Å². The van der Waals surface area contributed by atoms with Gasteiger partial charge in [0.2, 0.25) is 0 Å². The van der Waals surface area contributed by atoms with Gasteiger partial charge in [-0.15, -0.1) is 12.4 Å². The number of hydrogen-bond donors (Lipinski definition) is 1. The van der Waals surface area contributed by atoms with Crippen molar-refractivity contribution in [1.29, 1.82) is 0 Å². The number of nitrogens with zero attached hydrogens (tertiary/aromatic N) is 1. The third-order valence-corrected chi connectivity index (χ3v) is 1.29. The lowest BCUT2D eigenvalue weighted by Gasteiger charge is -1.84. The lowest BCUT2D eigenvalue weighted by molar-refractivity contribution is 0.381. The van der Waals surface area contributed by atoms with Gasteiger partial charge in [0.15, 0.2) is 0 Å². The number of aromatic nitrogens is 1. The summed E-state index contributed by atoms with van der Waals surface area (Å²) in [7, 11) is 0. The molecule has 0 atom stereocenters. The largest absolute Gasteiger partial charge is 0.360 e. The van der Waals surface area contributed by atoms with Crippen LogP contribution in [0.25, 0.3) is 0 Å². The summed E-state index contributed by atoms with van der Waals surface area (Å²) in [5, 5.41) is 3.62. The van der Waals surface area contributed by atoms with Crippen molar-refractivity contribution in [3.8, 4) is 0 Å². The number of nitrogens with two attached hydrogens (primary N) is 1. The highest BCUT2D eigenvalue weighted by Crippen LogP contribution is 2.09. The molecular formula is C5H8BrClN2O. The van der Waals surface area contributed by atoms with Crippen molar-refractivity contribution >= 4 is 28.3 Å². The van der Waals surface area contributed by atoms with Crippen LogP contribution >= 0.6 is 28.3 Å². The molecule has 1 heterocycles. The van der Waals surface area contributed by atoms with E-state index in [4.69, 9.17) is 10.3 Å². The Bertz CT molecular complexity index is 192. The van der Waals surface area contributed by atoms with Gasteiger partial charge in [-0.05, 0) is 22.5 Å². The van der Waals surface area contributed by atoms with E-state index in [0.717, 1.165) is 16.8 Å². The molecule has 58 valence electrons. The third-order valence-electron chi connectivity index (χ3n) is 0.921. The summed E-state index contributed by atoms with van der Waals surface area (Å²) < 4.78 is 5.56. The normalized spacial score (nSPS) is 9.00. The number of rotatable bonds is 2. The smallest absolute Gasteiger partial charge is 0.149 e. The zero-order valence-corrected chi connectivity index (χ0v) is 7.61. The second-order valence-corrected chi connectivity index (χ2v) is 2.47. The topological polar surface area (TPSA) is 52.0 Å². The summed E-state index contributed by atoms with van der Waals surface area (Å²) in [6, 6.07) is 1.81. The first-order valence-electron chi connectivity index (χ1n) is 2.64. The van der Waals surface area contributed by atoms with Crippen LogP contribution in [0.1, 0.15) is 5.76 Å². The van der Waals surface area contributed by atoms with Crippen molar-refractivity contribution in [3.05, 3.63) is 16.4 Å². The van der Waals surface area contributed by atoms with Gasteiger partial charge in [0.1, 0.15) is 10.4 Å². The van der Waals surface area contributed by atoms with Crippen molar-refractivity contribution in [3.63, 3.8) is 0 Å². The zero-order chi connectivity index (χ0) is 6.69. The van der Waals surface area contributed by atoms with Crippen LogP contribution in [-0.2, 0) is 6.42 Å². The van der Waals surface area contributed by atoms with E-state index in [1.54, 1.807) is 0 Å². The van der Waals surface area contributed by atoms with Gasteiger partial charge < -0.3 is 10.3 Å². The van der Waals surface area contributed by atoms with Gasteiger partial charge in [0.05, 0.1) is 0 Å². The predicted octanol–water partition coefficient (Wildman–Crippen LogP) is 1.36. The Morgan fingerprint density at radius 2 is 2.40 bits per heavy atom. The maximum atomic E-state index is 5.27. The molecule has 0 spiro atoms. The zero-order valence-electron chi connectivity index (χ0n) is 5.21. The van der Waals surface area contributed by atoms with E-state index in [9.17, 15) is 0 Å². The van der Waals surface area contributed by atoms with Gasteiger partial charge in [-0.1, -0.05) is 5.16 Å². The first-order chi connectivity index (χ1) is 4.33. The van der Waals surface area contributed by atoms with Crippen molar-refractivity contribution in [2.24, 2.45) is 5.73 Å². The average molecular weight is 227 g/mol. The summed E-state index contributed by atoms with van der Waals surface area (Å²) >= 11 is 3.16.